The van der Waals surface area contributed by atoms with Crippen molar-refractivity contribution in [3.05, 3.63) is 24.3 Å². The van der Waals surface area contributed by atoms with E-state index in [1.807, 2.05) is 11.8 Å². The van der Waals surface area contributed by atoms with Gasteiger partial charge in [-0.3, -0.25) is 4.79 Å². The van der Waals surface area contributed by atoms with Crippen LogP contribution in [-0.4, -0.2) is 124 Å². The molecule has 0 aromatic heterocycles. The quantitative estimate of drug-likeness (QED) is 0.187. The molecule has 0 bridgehead atoms. The van der Waals surface area contributed by atoms with E-state index in [0.717, 1.165) is 65.0 Å². The van der Waals surface area contributed by atoms with Gasteiger partial charge in [0.2, 0.25) is 5.91 Å². The van der Waals surface area contributed by atoms with E-state index in [1.54, 1.807) is 0 Å². The Morgan fingerprint density at radius 3 is 1.70 bits per heavy atom. The molecule has 11 N–H and O–H groups in total. The second-order valence-electron chi connectivity index (χ2n) is 11.4. The third-order valence-electron chi connectivity index (χ3n) is 7.31. The summed E-state index contributed by atoms with van der Waals surface area (Å²) in [5.41, 5.74) is 5.00. The minimum atomic E-state index is -0.220. The van der Waals surface area contributed by atoms with Gasteiger partial charge >= 0.3 is 0 Å². The summed E-state index contributed by atoms with van der Waals surface area (Å²) in [5.74, 6) is 2.25. The van der Waals surface area contributed by atoms with Gasteiger partial charge in [0.05, 0.1) is 18.8 Å². The van der Waals surface area contributed by atoms with Crippen LogP contribution in [0.1, 0.15) is 58.8 Å². The van der Waals surface area contributed by atoms with Gasteiger partial charge in [-0.25, -0.2) is 0 Å². The molecule has 0 aromatic carbocycles. The number of aliphatic hydroxyl groups is 2. The maximum atomic E-state index is 10.4. The Hall–Kier alpha value is -1.06. The van der Waals surface area contributed by atoms with Gasteiger partial charge in [-0.15, -0.1) is 11.8 Å². The molecule has 0 saturated carbocycles. The maximum absolute atomic E-state index is 10.4. The highest BCUT2D eigenvalue weighted by atomic mass is 32.2. The molecular formula is C31H64N8O3S. The Morgan fingerprint density at radius 2 is 1.49 bits per heavy atom. The number of nitrogens with one attached hydrogen (secondary N) is 7. The van der Waals surface area contributed by atoms with E-state index in [9.17, 15) is 4.79 Å². The van der Waals surface area contributed by atoms with Crippen molar-refractivity contribution in [3.8, 4) is 0 Å². The molecule has 43 heavy (non-hydrogen) atoms. The Labute approximate surface area is 265 Å². The first kappa shape index (κ1) is 40.0. The highest BCUT2D eigenvalue weighted by Crippen LogP contribution is 2.03. The Bertz CT molecular complexity index is 651. The van der Waals surface area contributed by atoms with Gasteiger partial charge < -0.3 is 53.2 Å². The fourth-order valence-corrected chi connectivity index (χ4v) is 5.46. The van der Waals surface area contributed by atoms with Gasteiger partial charge in [-0.05, 0) is 91.5 Å². The topological polar surface area (TPSA) is 168 Å². The van der Waals surface area contributed by atoms with E-state index in [1.165, 1.54) is 50.5 Å². The van der Waals surface area contributed by atoms with Gasteiger partial charge in [0.25, 0.3) is 0 Å². The van der Waals surface area contributed by atoms with Crippen LogP contribution in [-0.2, 0) is 4.79 Å². The molecule has 7 aliphatic heterocycles. The van der Waals surface area contributed by atoms with Gasteiger partial charge in [0.1, 0.15) is 0 Å². The lowest BCUT2D eigenvalue weighted by Gasteiger charge is -2.02. The van der Waals surface area contributed by atoms with E-state index in [0.29, 0.717) is 24.7 Å². The van der Waals surface area contributed by atoms with E-state index in [-0.39, 0.29) is 18.1 Å². The fourth-order valence-electron chi connectivity index (χ4n) is 4.74. The molecule has 3 unspecified atom stereocenters. The fraction of sp³-hybridized carbons (Fsp3) is 0.839. The number of nitrogens with two attached hydrogens (primary N) is 1. The Morgan fingerprint density at radius 1 is 0.814 bits per heavy atom. The van der Waals surface area contributed by atoms with Gasteiger partial charge in [0, 0.05) is 55.9 Å². The number of carbonyl (C=O) groups excluding carboxylic acids is 1. The van der Waals surface area contributed by atoms with E-state index in [4.69, 9.17) is 15.9 Å². The van der Waals surface area contributed by atoms with E-state index < -0.39 is 0 Å². The van der Waals surface area contributed by atoms with Crippen LogP contribution in [0.3, 0.4) is 0 Å². The van der Waals surface area contributed by atoms with Crippen LogP contribution >= 0.6 is 11.8 Å². The number of aliphatic hydroxyl groups excluding tert-OH is 2. The third-order valence-corrected chi connectivity index (χ3v) is 8.21. The first-order chi connectivity index (χ1) is 20.9. The summed E-state index contributed by atoms with van der Waals surface area (Å²) in [5, 5.41) is 39.2. The van der Waals surface area contributed by atoms with Crippen molar-refractivity contribution >= 4 is 17.7 Å². The number of thioether (sulfide) groups is 1. The standard InChI is InChI=1S/C6H11N.C5H10N2O.C5H11NO.C4H9NO.C4H9N.C4H7N.C3H7NS/c1-5-3-4-6(2)7-5;6-5(8)4-2-1-3-7-4;7-4-5-2-1-3-6-5;6-4-1-2-5-3-4;2*1-2-4-5-3-1;1-2-5-3-4-1/h3-7H,1-2H3;4,7H,1-3H2,(H2,6,8);5-7H,1-4H2;4-6H,1-3H2;5H,1-4H2;1-2,5H,3-4H2;4H,1-3H2/t;4-;5-;;;;/m.00..../s1. The number of rotatable bonds is 2. The first-order valence-electron chi connectivity index (χ1n) is 16.5. The molecule has 5 saturated heterocycles. The second kappa shape index (κ2) is 28.4. The Kier molecular flexibility index (Phi) is 26.4. The molecule has 0 spiro atoms. The zero-order valence-corrected chi connectivity index (χ0v) is 27.7. The monoisotopic (exact) mass is 628 g/mol. The molecular weight excluding hydrogens is 564 g/mol. The largest absolute Gasteiger partial charge is 0.395 e. The molecule has 0 radical (unpaired) electrons. The van der Waals surface area contributed by atoms with Crippen molar-refractivity contribution < 1.29 is 15.0 Å². The minimum Gasteiger partial charge on any atom is -0.395 e. The molecule has 7 aliphatic rings. The zero-order valence-electron chi connectivity index (χ0n) is 26.9. The maximum Gasteiger partial charge on any atom is 0.234 e. The van der Waals surface area contributed by atoms with Crippen molar-refractivity contribution in [1.29, 1.82) is 0 Å². The summed E-state index contributed by atoms with van der Waals surface area (Å²) in [6, 6.07) is 1.54. The normalized spacial score (nSPS) is 29.6. The van der Waals surface area contributed by atoms with Crippen molar-refractivity contribution in [2.24, 2.45) is 5.73 Å². The van der Waals surface area contributed by atoms with Crippen molar-refractivity contribution in [3.63, 3.8) is 0 Å². The van der Waals surface area contributed by atoms with Gasteiger partial charge in [-0.1, -0.05) is 24.3 Å². The summed E-state index contributed by atoms with van der Waals surface area (Å²) in [6.07, 6.45) is 16.6. The SMILES string of the molecule is C1=CCNC1.C1CCNC1.C1CSCN1.CC1C=CC(C)N1.NC(=O)[C@@H]1CCCN1.OC1CCNC1.OC[C@@H]1CCCN1. The summed E-state index contributed by atoms with van der Waals surface area (Å²) in [6.45, 7) is 14.3. The molecule has 7 heterocycles. The zero-order chi connectivity index (χ0) is 31.4. The summed E-state index contributed by atoms with van der Waals surface area (Å²) in [4.78, 5) is 10.4. The second-order valence-corrected chi connectivity index (χ2v) is 12.5. The highest BCUT2D eigenvalue weighted by Gasteiger charge is 2.18. The number of primary amides is 1. The molecule has 252 valence electrons. The molecule has 0 aromatic rings. The average molecular weight is 629 g/mol. The number of carbonyl (C=O) groups is 1. The average Bonchev–Trinajstić information content (AvgIpc) is 3.89. The lowest BCUT2D eigenvalue weighted by Crippen LogP contribution is -2.36. The molecule has 1 amide bonds. The predicted octanol–water partition coefficient (Wildman–Crippen LogP) is 0.0137. The molecule has 5 atom stereocenters. The van der Waals surface area contributed by atoms with Crippen molar-refractivity contribution in [2.45, 2.75) is 89.1 Å². The van der Waals surface area contributed by atoms with Crippen LogP contribution in [0.15, 0.2) is 24.3 Å². The van der Waals surface area contributed by atoms with Crippen LogP contribution in [0.4, 0.5) is 0 Å². The molecule has 5 fully saturated rings. The minimum absolute atomic E-state index is 0.0463. The summed E-state index contributed by atoms with van der Waals surface area (Å²) < 4.78 is 0. The first-order valence-corrected chi connectivity index (χ1v) is 17.6. The molecule has 11 nitrogen and oxygen atoms in total. The predicted molar refractivity (Wildman–Crippen MR) is 182 cm³/mol. The number of hydrogen-bond acceptors (Lipinski definition) is 11. The third kappa shape index (κ3) is 24.9. The molecule has 12 heteroatoms. The highest BCUT2D eigenvalue weighted by molar-refractivity contribution is 7.99. The molecule has 7 rings (SSSR count). The lowest BCUT2D eigenvalue weighted by molar-refractivity contribution is -0.119. The number of amides is 1. The van der Waals surface area contributed by atoms with Crippen LogP contribution in [0.25, 0.3) is 0 Å². The lowest BCUT2D eigenvalue weighted by atomic mass is 10.2. The van der Waals surface area contributed by atoms with Crippen LogP contribution in [0.2, 0.25) is 0 Å². The van der Waals surface area contributed by atoms with Crippen LogP contribution < -0.4 is 43.0 Å². The summed E-state index contributed by atoms with van der Waals surface area (Å²) >= 11 is 1.96. The van der Waals surface area contributed by atoms with Crippen molar-refractivity contribution in [1.82, 2.24) is 37.2 Å². The van der Waals surface area contributed by atoms with E-state index in [2.05, 4.69) is 75.4 Å². The number of hydrogen-bond donors (Lipinski definition) is 10. The smallest absolute Gasteiger partial charge is 0.234 e. The van der Waals surface area contributed by atoms with E-state index >= 15 is 0 Å². The van der Waals surface area contributed by atoms with Gasteiger partial charge in [-0.2, -0.15) is 0 Å². The summed E-state index contributed by atoms with van der Waals surface area (Å²) in [7, 11) is 0. The number of β-amino-alcohol motifs (C(OH)–C–C–N with tert-alkyl or cyclic N) is 1. The van der Waals surface area contributed by atoms with Crippen LogP contribution in [0.5, 0.6) is 0 Å². The van der Waals surface area contributed by atoms with Gasteiger partial charge in [0.15, 0.2) is 0 Å². The van der Waals surface area contributed by atoms with Crippen LogP contribution in [0, 0.1) is 0 Å². The Balaban J connectivity index is 0.000000252. The van der Waals surface area contributed by atoms with Crippen molar-refractivity contribution in [2.75, 3.05) is 77.1 Å². The molecule has 0 aliphatic carbocycles.